The number of aliphatic hydroxyl groups is 1. The van der Waals surface area contributed by atoms with E-state index in [4.69, 9.17) is 9.72 Å². The summed E-state index contributed by atoms with van der Waals surface area (Å²) in [6.45, 7) is 7.56. The second-order valence-corrected chi connectivity index (χ2v) is 10.8. The summed E-state index contributed by atoms with van der Waals surface area (Å²) in [5.74, 6) is 5.62. The zero-order valence-electron chi connectivity index (χ0n) is 25.0. The number of carbonyl (C=O) groups excluding carboxylic acids is 1. The van der Waals surface area contributed by atoms with E-state index in [2.05, 4.69) is 11.8 Å². The Morgan fingerprint density at radius 1 is 1.05 bits per heavy atom. The largest absolute Gasteiger partial charge is 0.416 e. The Kier molecular flexibility index (Phi) is 9.92. The third-order valence-corrected chi connectivity index (χ3v) is 6.92. The summed E-state index contributed by atoms with van der Waals surface area (Å²) in [6.07, 6.45) is -4.63. The van der Waals surface area contributed by atoms with Crippen molar-refractivity contribution < 1.29 is 27.8 Å². The van der Waals surface area contributed by atoms with Gasteiger partial charge in [-0.2, -0.15) is 13.2 Å². The Balaban J connectivity index is 1.76. The van der Waals surface area contributed by atoms with Crippen LogP contribution in [0.5, 0.6) is 0 Å². The molecule has 1 heterocycles. The molecule has 3 aromatic carbocycles. The minimum atomic E-state index is -4.48. The lowest BCUT2D eigenvalue weighted by molar-refractivity contribution is -0.137. The average molecular weight is 606 g/mol. The molecule has 1 aromatic heterocycles. The van der Waals surface area contributed by atoms with E-state index in [1.807, 2.05) is 6.92 Å². The van der Waals surface area contributed by atoms with Crippen molar-refractivity contribution in [1.82, 2.24) is 14.5 Å². The molecule has 230 valence electrons. The number of hydrogen-bond donors (Lipinski definition) is 1. The number of nitrogens with zero attached hydrogens (tertiary/aromatic N) is 3. The lowest BCUT2D eigenvalue weighted by Crippen LogP contribution is -2.40. The van der Waals surface area contributed by atoms with Gasteiger partial charge in [0.25, 0.3) is 5.56 Å². The summed E-state index contributed by atoms with van der Waals surface area (Å²) < 4.78 is 46.2. The fourth-order valence-corrected chi connectivity index (χ4v) is 4.67. The summed E-state index contributed by atoms with van der Waals surface area (Å²) in [5.41, 5.74) is -0.268. The van der Waals surface area contributed by atoms with Gasteiger partial charge in [0.1, 0.15) is 11.4 Å². The van der Waals surface area contributed by atoms with Gasteiger partial charge in [0.05, 0.1) is 41.2 Å². The molecule has 0 saturated carbocycles. The third kappa shape index (κ3) is 7.92. The fourth-order valence-electron chi connectivity index (χ4n) is 4.67. The zero-order chi connectivity index (χ0) is 32.1. The van der Waals surface area contributed by atoms with E-state index >= 15 is 0 Å². The zero-order valence-corrected chi connectivity index (χ0v) is 25.0. The monoisotopic (exact) mass is 605 g/mol. The lowest BCUT2D eigenvalue weighted by atomic mass is 10.1. The number of carbonyl (C=O) groups is 1. The maximum atomic E-state index is 13.9. The second-order valence-electron chi connectivity index (χ2n) is 10.8. The van der Waals surface area contributed by atoms with Crippen molar-refractivity contribution in [2.45, 2.75) is 51.9 Å². The van der Waals surface area contributed by atoms with E-state index < -0.39 is 23.4 Å². The van der Waals surface area contributed by atoms with Crippen LogP contribution in [-0.2, 0) is 22.1 Å². The molecular formula is C34H34F3N3O4. The first-order valence-corrected chi connectivity index (χ1v) is 14.2. The molecule has 4 aromatic rings. The van der Waals surface area contributed by atoms with Crippen molar-refractivity contribution >= 4 is 16.8 Å². The molecular weight excluding hydrogens is 571 g/mol. The van der Waals surface area contributed by atoms with Crippen LogP contribution in [0.3, 0.4) is 0 Å². The number of fused-ring (bicyclic) bond motifs is 1. The first-order valence-electron chi connectivity index (χ1n) is 14.2. The van der Waals surface area contributed by atoms with Crippen molar-refractivity contribution in [1.29, 1.82) is 0 Å². The van der Waals surface area contributed by atoms with Crippen LogP contribution in [0, 0.1) is 11.8 Å². The number of ether oxygens (including phenoxy) is 1. The highest BCUT2D eigenvalue weighted by Crippen LogP contribution is 2.29. The van der Waals surface area contributed by atoms with Crippen LogP contribution in [0.15, 0.2) is 77.6 Å². The van der Waals surface area contributed by atoms with E-state index in [1.165, 1.54) is 21.6 Å². The first-order chi connectivity index (χ1) is 20.8. The predicted octanol–water partition coefficient (Wildman–Crippen LogP) is 5.70. The second kappa shape index (κ2) is 13.5. The Hall–Kier alpha value is -4.46. The molecule has 0 aliphatic carbocycles. The van der Waals surface area contributed by atoms with E-state index in [9.17, 15) is 27.9 Å². The number of alkyl halides is 3. The maximum absolute atomic E-state index is 13.9. The van der Waals surface area contributed by atoms with Gasteiger partial charge in [0.15, 0.2) is 0 Å². The average Bonchev–Trinajstić information content (AvgIpc) is 2.98. The number of halogens is 3. The molecule has 7 nitrogen and oxygen atoms in total. The van der Waals surface area contributed by atoms with Gasteiger partial charge in [-0.05, 0) is 81.8 Å². The van der Waals surface area contributed by atoms with Gasteiger partial charge < -0.3 is 14.7 Å². The molecule has 1 unspecified atom stereocenters. The van der Waals surface area contributed by atoms with Crippen molar-refractivity contribution in [3.05, 3.63) is 106 Å². The Labute approximate surface area is 253 Å². The summed E-state index contributed by atoms with van der Waals surface area (Å²) >= 11 is 0. The molecule has 1 atom stereocenters. The van der Waals surface area contributed by atoms with Gasteiger partial charge in [-0.25, -0.2) is 4.98 Å². The SMILES string of the molecule is CCOCCN(C(=O)Cc1ccc(C(F)(F)F)cc1)C(C)c1nc2ccccc2c(=O)n1-c1ccc(C#CC(C)(C)O)cc1. The molecule has 0 bridgehead atoms. The molecule has 0 saturated heterocycles. The van der Waals surface area contributed by atoms with Gasteiger partial charge in [-0.3, -0.25) is 14.2 Å². The molecule has 0 aliphatic heterocycles. The van der Waals surface area contributed by atoms with Crippen LogP contribution in [0.1, 0.15) is 56.3 Å². The highest BCUT2D eigenvalue weighted by molar-refractivity contribution is 5.80. The Morgan fingerprint density at radius 2 is 1.70 bits per heavy atom. The van der Waals surface area contributed by atoms with Crippen LogP contribution < -0.4 is 5.56 Å². The van der Waals surface area contributed by atoms with Gasteiger partial charge in [-0.1, -0.05) is 36.1 Å². The highest BCUT2D eigenvalue weighted by atomic mass is 19.4. The topological polar surface area (TPSA) is 84.7 Å². The smallest absolute Gasteiger partial charge is 0.380 e. The normalized spacial score (nSPS) is 12.5. The Bertz CT molecular complexity index is 1730. The number of rotatable bonds is 9. The van der Waals surface area contributed by atoms with Crippen LogP contribution in [0.25, 0.3) is 16.6 Å². The summed E-state index contributed by atoms with van der Waals surface area (Å²) in [7, 11) is 0. The number of hydrogen-bond acceptors (Lipinski definition) is 5. The number of para-hydroxylation sites is 1. The third-order valence-electron chi connectivity index (χ3n) is 6.92. The van der Waals surface area contributed by atoms with E-state index in [0.29, 0.717) is 40.1 Å². The molecule has 0 aliphatic rings. The predicted molar refractivity (Wildman–Crippen MR) is 162 cm³/mol. The molecule has 4 rings (SSSR count). The van der Waals surface area contributed by atoms with Crippen molar-refractivity contribution in [3.63, 3.8) is 0 Å². The standard InChI is InChI=1S/C34H34F3N3O4/c1-5-44-21-20-39(30(41)22-25-10-14-26(15-11-25)34(35,36)37)23(2)31-38-29-9-7-6-8-28(29)32(42)40(31)27-16-12-24(13-17-27)18-19-33(3,4)43/h6-17,23,43H,5,20-22H2,1-4H3. The van der Waals surface area contributed by atoms with Crippen LogP contribution in [0.2, 0.25) is 0 Å². The molecule has 0 fully saturated rings. The quantitative estimate of drug-likeness (QED) is 0.196. The fraction of sp³-hybridized carbons (Fsp3) is 0.324. The summed E-state index contributed by atoms with van der Waals surface area (Å²) in [4.78, 5) is 33.9. The van der Waals surface area contributed by atoms with Gasteiger partial charge >= 0.3 is 6.18 Å². The van der Waals surface area contributed by atoms with Crippen molar-refractivity contribution in [3.8, 4) is 17.5 Å². The van der Waals surface area contributed by atoms with E-state index in [-0.39, 0.29) is 31.0 Å². The van der Waals surface area contributed by atoms with E-state index in [0.717, 1.165) is 12.1 Å². The maximum Gasteiger partial charge on any atom is 0.416 e. The lowest BCUT2D eigenvalue weighted by Gasteiger charge is -2.30. The number of aromatic nitrogens is 2. The van der Waals surface area contributed by atoms with E-state index in [1.54, 1.807) is 69.3 Å². The number of benzene rings is 3. The van der Waals surface area contributed by atoms with Crippen LogP contribution in [-0.4, -0.2) is 50.8 Å². The highest BCUT2D eigenvalue weighted by Gasteiger charge is 2.31. The first kappa shape index (κ1) is 32.5. The Morgan fingerprint density at radius 3 is 2.32 bits per heavy atom. The van der Waals surface area contributed by atoms with Crippen LogP contribution in [0.4, 0.5) is 13.2 Å². The minimum absolute atomic E-state index is 0.152. The summed E-state index contributed by atoms with van der Waals surface area (Å²) in [5, 5.41) is 10.3. The minimum Gasteiger partial charge on any atom is -0.380 e. The van der Waals surface area contributed by atoms with Crippen LogP contribution >= 0.6 is 0 Å². The molecule has 1 N–H and O–H groups in total. The molecule has 0 spiro atoms. The van der Waals surface area contributed by atoms with Gasteiger partial charge in [0, 0.05) is 18.7 Å². The van der Waals surface area contributed by atoms with Gasteiger partial charge in [-0.15, -0.1) is 0 Å². The van der Waals surface area contributed by atoms with Crippen molar-refractivity contribution in [2.75, 3.05) is 19.8 Å². The van der Waals surface area contributed by atoms with Gasteiger partial charge in [0.2, 0.25) is 5.91 Å². The summed E-state index contributed by atoms with van der Waals surface area (Å²) in [6, 6.07) is 17.6. The molecule has 1 amide bonds. The molecule has 10 heteroatoms. The molecule has 0 radical (unpaired) electrons. The molecule has 44 heavy (non-hydrogen) atoms. The van der Waals surface area contributed by atoms with Crippen molar-refractivity contribution in [2.24, 2.45) is 0 Å². The number of amides is 1.